The normalized spacial score (nSPS) is 22.6. The van der Waals surface area contributed by atoms with Gasteiger partial charge in [0.15, 0.2) is 29.9 Å². The number of hydrogen-bond acceptors (Lipinski definition) is 14. The van der Waals surface area contributed by atoms with Gasteiger partial charge >= 0.3 is 7.82 Å². The van der Waals surface area contributed by atoms with Gasteiger partial charge in [-0.25, -0.2) is 29.5 Å². The van der Waals surface area contributed by atoms with E-state index in [-0.39, 0.29) is 18.1 Å². The maximum absolute atomic E-state index is 12.8. The van der Waals surface area contributed by atoms with Crippen molar-refractivity contribution >= 4 is 42.0 Å². The fourth-order valence-electron chi connectivity index (χ4n) is 4.39. The summed E-state index contributed by atoms with van der Waals surface area (Å²) in [5, 5.41) is 20.7. The number of anilines is 2. The molecular formula is C22H29N9O7PS+. The van der Waals surface area contributed by atoms with E-state index in [1.807, 2.05) is 17.0 Å². The molecule has 1 aliphatic heterocycles. The van der Waals surface area contributed by atoms with Crippen LogP contribution in [-0.4, -0.2) is 76.1 Å². The van der Waals surface area contributed by atoms with E-state index in [1.54, 1.807) is 13.1 Å². The Bertz CT molecular complexity index is 1570. The molecule has 214 valence electrons. The van der Waals surface area contributed by atoms with E-state index in [2.05, 4.69) is 24.9 Å². The van der Waals surface area contributed by atoms with Gasteiger partial charge in [0, 0.05) is 19.5 Å². The van der Waals surface area contributed by atoms with Crippen LogP contribution in [-0.2, 0) is 31.3 Å². The lowest BCUT2D eigenvalue weighted by molar-refractivity contribution is -0.689. The number of phosphoric ester groups is 1. The van der Waals surface area contributed by atoms with Crippen LogP contribution in [0.2, 0.25) is 0 Å². The maximum atomic E-state index is 12.8. The van der Waals surface area contributed by atoms with Gasteiger partial charge in [0.25, 0.3) is 0 Å². The molecule has 0 saturated carbocycles. The first-order valence-electron chi connectivity index (χ1n) is 12.2. The van der Waals surface area contributed by atoms with Crippen molar-refractivity contribution in [1.82, 2.24) is 29.5 Å². The third kappa shape index (κ3) is 5.68. The highest BCUT2D eigenvalue weighted by molar-refractivity contribution is 7.47. The molecule has 5 atom stereocenters. The molecule has 1 unspecified atom stereocenters. The van der Waals surface area contributed by atoms with Crippen molar-refractivity contribution in [2.45, 2.75) is 51.4 Å². The third-order valence-electron chi connectivity index (χ3n) is 6.50. The smallest absolute Gasteiger partial charge is 0.394 e. The molecule has 16 nitrogen and oxygen atoms in total. The predicted molar refractivity (Wildman–Crippen MR) is 141 cm³/mol. The Kier molecular flexibility index (Phi) is 8.08. The summed E-state index contributed by atoms with van der Waals surface area (Å²) in [6, 6.07) is 0. The molecule has 18 heteroatoms. The number of aliphatic hydroxyl groups excluding tert-OH is 2. The van der Waals surface area contributed by atoms with Gasteiger partial charge in [0.05, 0.1) is 30.0 Å². The number of nitrogens with zero attached hydrogens (tertiary/aromatic N) is 7. The number of fused-ring (bicyclic) bond motifs is 1. The number of nitrogen functional groups attached to an aromatic ring is 2. The van der Waals surface area contributed by atoms with Gasteiger partial charge in [-0.15, -0.1) is 0 Å². The fraction of sp³-hybridized carbons (Fsp3) is 0.455. The van der Waals surface area contributed by atoms with Gasteiger partial charge in [0.1, 0.15) is 41.8 Å². The van der Waals surface area contributed by atoms with E-state index in [1.165, 1.54) is 28.6 Å². The summed E-state index contributed by atoms with van der Waals surface area (Å²) in [4.78, 5) is 31.8. The summed E-state index contributed by atoms with van der Waals surface area (Å²) in [6.07, 6.45) is -0.514. The van der Waals surface area contributed by atoms with E-state index in [4.69, 9.17) is 25.3 Å². The van der Waals surface area contributed by atoms with Crippen LogP contribution in [0.5, 0.6) is 0 Å². The van der Waals surface area contributed by atoms with Crippen LogP contribution in [0.3, 0.4) is 0 Å². The molecule has 0 amide bonds. The number of ether oxygens (including phenoxy) is 1. The van der Waals surface area contributed by atoms with Gasteiger partial charge in [-0.3, -0.25) is 13.6 Å². The Morgan fingerprint density at radius 1 is 1.23 bits per heavy atom. The lowest BCUT2D eigenvalue weighted by atomic mass is 10.1. The van der Waals surface area contributed by atoms with E-state index in [9.17, 15) is 19.7 Å². The molecule has 1 aliphatic rings. The molecule has 0 aliphatic carbocycles. The number of aromatic nitrogens is 7. The zero-order valence-electron chi connectivity index (χ0n) is 21.6. The van der Waals surface area contributed by atoms with E-state index >= 15 is 0 Å². The standard InChI is InChI=1S/C22H28N9O7PS/c1-11-15(40-10-30(11)6-13-5-25-12(2)29-19(13)23)3-4-36-39(34,35)38-18-14(7-32)37-22(17(18)33)31-9-28-16-20(24)26-8-27-21(16)31/h5,8-10,14,17-18,22,32-33H,3-4,6-7H2,1-2H3,(H4-,23,24,25,26,27,29,34,35)/p+1/t14-,17-,18-,22-/m1/s1. The number of hydrogen-bond donors (Lipinski definition) is 5. The molecule has 1 fully saturated rings. The Balaban J connectivity index is 1.21. The highest BCUT2D eigenvalue weighted by Gasteiger charge is 2.49. The number of thiazole rings is 1. The molecule has 0 radical (unpaired) electrons. The van der Waals surface area contributed by atoms with Gasteiger partial charge < -0.3 is 31.3 Å². The second kappa shape index (κ2) is 11.4. The van der Waals surface area contributed by atoms with Crippen molar-refractivity contribution < 1.29 is 38.0 Å². The van der Waals surface area contributed by atoms with Crippen LogP contribution in [0.25, 0.3) is 11.2 Å². The van der Waals surface area contributed by atoms with Gasteiger partial charge in [-0.1, -0.05) is 11.3 Å². The van der Waals surface area contributed by atoms with Crippen molar-refractivity contribution in [2.75, 3.05) is 24.7 Å². The van der Waals surface area contributed by atoms with Crippen molar-refractivity contribution in [3.63, 3.8) is 0 Å². The van der Waals surface area contributed by atoms with Gasteiger partial charge in [-0.05, 0) is 6.92 Å². The number of rotatable bonds is 10. The fourth-order valence-corrected chi connectivity index (χ4v) is 6.31. The Morgan fingerprint density at radius 3 is 2.77 bits per heavy atom. The molecule has 5 rings (SSSR count). The number of imidazole rings is 1. The number of aliphatic hydroxyl groups is 2. The number of phosphoric acid groups is 1. The molecule has 0 bridgehead atoms. The Hall–Kier alpha value is -3.15. The monoisotopic (exact) mass is 594 g/mol. The lowest BCUT2D eigenvalue weighted by Crippen LogP contribution is -2.36. The molecule has 0 spiro atoms. The van der Waals surface area contributed by atoms with E-state index in [0.29, 0.717) is 30.1 Å². The van der Waals surface area contributed by atoms with Crippen LogP contribution < -0.4 is 16.0 Å². The minimum absolute atomic E-state index is 0.135. The second-order valence-corrected chi connectivity index (χ2v) is 11.5. The first kappa shape index (κ1) is 28.4. The van der Waals surface area contributed by atoms with E-state index < -0.39 is 39.0 Å². The zero-order valence-corrected chi connectivity index (χ0v) is 23.3. The van der Waals surface area contributed by atoms with Crippen LogP contribution in [0, 0.1) is 13.8 Å². The lowest BCUT2D eigenvalue weighted by Gasteiger charge is -2.22. The SMILES string of the molecule is Cc1ncc(C[n+]2csc(CCOP(=O)(O)O[C@H]3[C@@H](O)[C@H](n4cnc5c(N)ncnc54)O[C@@H]3CO)c2C)c(N)n1. The van der Waals surface area contributed by atoms with Crippen LogP contribution in [0.15, 0.2) is 24.4 Å². The minimum Gasteiger partial charge on any atom is -0.394 e. The molecule has 5 heterocycles. The highest BCUT2D eigenvalue weighted by atomic mass is 32.1. The van der Waals surface area contributed by atoms with Crippen molar-refractivity contribution in [3.05, 3.63) is 46.3 Å². The Morgan fingerprint density at radius 2 is 2.02 bits per heavy atom. The summed E-state index contributed by atoms with van der Waals surface area (Å²) >= 11 is 1.46. The summed E-state index contributed by atoms with van der Waals surface area (Å²) in [5.74, 6) is 1.14. The van der Waals surface area contributed by atoms with Crippen LogP contribution in [0.4, 0.5) is 11.6 Å². The molecule has 40 heavy (non-hydrogen) atoms. The molecular weight excluding hydrogens is 565 g/mol. The van der Waals surface area contributed by atoms with E-state index in [0.717, 1.165) is 16.1 Å². The predicted octanol–water partition coefficient (Wildman–Crippen LogP) is -0.210. The van der Waals surface area contributed by atoms with Crippen molar-refractivity contribution in [3.8, 4) is 0 Å². The van der Waals surface area contributed by atoms with Crippen molar-refractivity contribution in [2.24, 2.45) is 0 Å². The topological polar surface area (TPSA) is 231 Å². The zero-order chi connectivity index (χ0) is 28.6. The summed E-state index contributed by atoms with van der Waals surface area (Å²) in [6.45, 7) is 3.44. The average Bonchev–Trinajstić information content (AvgIpc) is 3.58. The third-order valence-corrected chi connectivity index (χ3v) is 8.67. The largest absolute Gasteiger partial charge is 0.472 e. The van der Waals surface area contributed by atoms with Gasteiger partial charge in [0.2, 0.25) is 5.51 Å². The Labute approximate surface area is 231 Å². The van der Waals surface area contributed by atoms with Crippen LogP contribution in [0.1, 0.15) is 28.2 Å². The van der Waals surface area contributed by atoms with Gasteiger partial charge in [-0.2, -0.15) is 4.57 Å². The van der Waals surface area contributed by atoms with Crippen molar-refractivity contribution in [1.29, 1.82) is 0 Å². The highest BCUT2D eigenvalue weighted by Crippen LogP contribution is 2.48. The van der Waals surface area contributed by atoms with Crippen LogP contribution >= 0.6 is 19.2 Å². The maximum Gasteiger partial charge on any atom is 0.472 e. The first-order chi connectivity index (χ1) is 19.1. The second-order valence-electron chi connectivity index (χ2n) is 9.13. The molecule has 4 aromatic heterocycles. The quantitative estimate of drug-likeness (QED) is 0.118. The summed E-state index contributed by atoms with van der Waals surface area (Å²) in [7, 11) is -4.66. The first-order valence-corrected chi connectivity index (χ1v) is 14.5. The molecule has 0 aromatic carbocycles. The number of nitrogens with two attached hydrogens (primary N) is 2. The average molecular weight is 595 g/mol. The number of aryl methyl sites for hydroxylation is 1. The molecule has 7 N–H and O–H groups in total. The molecule has 1 saturated heterocycles. The molecule has 4 aromatic rings. The summed E-state index contributed by atoms with van der Waals surface area (Å²) in [5.41, 5.74) is 16.0. The minimum atomic E-state index is -4.66. The summed E-state index contributed by atoms with van der Waals surface area (Å²) < 4.78 is 32.4.